The summed E-state index contributed by atoms with van der Waals surface area (Å²) < 4.78 is 15.6. The van der Waals surface area contributed by atoms with Crippen molar-refractivity contribution in [3.8, 4) is 11.5 Å². The van der Waals surface area contributed by atoms with Gasteiger partial charge < -0.3 is 24.8 Å². The summed E-state index contributed by atoms with van der Waals surface area (Å²) >= 11 is 0. The molecule has 2 amide bonds. The maximum Gasteiger partial charge on any atom is 0.329 e. The largest absolute Gasteiger partial charge is 0.495 e. The Morgan fingerprint density at radius 1 is 0.966 bits per heavy atom. The van der Waals surface area contributed by atoms with Crippen LogP contribution in [0.4, 0.5) is 5.69 Å². The minimum atomic E-state index is -1.06. The third kappa shape index (κ3) is 6.84. The molecule has 8 heteroatoms. The SMILES string of the molecule is COc1ccccc1NC(=O)[C@H](C)OC(=O)[C@H](C)NC(=O)COc1ccccc1. The lowest BCUT2D eigenvalue weighted by Gasteiger charge is -2.18. The molecule has 0 fully saturated rings. The second kappa shape index (κ2) is 10.7. The van der Waals surface area contributed by atoms with Gasteiger partial charge in [0.05, 0.1) is 12.8 Å². The summed E-state index contributed by atoms with van der Waals surface area (Å²) in [5, 5.41) is 5.11. The zero-order valence-corrected chi connectivity index (χ0v) is 16.5. The van der Waals surface area contributed by atoms with E-state index in [0.29, 0.717) is 17.2 Å². The van der Waals surface area contributed by atoms with Gasteiger partial charge in [-0.15, -0.1) is 0 Å². The summed E-state index contributed by atoms with van der Waals surface area (Å²) in [4.78, 5) is 36.4. The molecule has 0 aliphatic heterocycles. The van der Waals surface area contributed by atoms with Crippen molar-refractivity contribution in [2.45, 2.75) is 26.0 Å². The average molecular weight is 400 g/mol. The van der Waals surface area contributed by atoms with Crippen LogP contribution < -0.4 is 20.1 Å². The molecule has 0 saturated heterocycles. The van der Waals surface area contributed by atoms with E-state index in [-0.39, 0.29) is 6.61 Å². The number of ether oxygens (including phenoxy) is 3. The van der Waals surface area contributed by atoms with Crippen molar-refractivity contribution in [3.05, 3.63) is 54.6 Å². The van der Waals surface area contributed by atoms with Gasteiger partial charge in [-0.25, -0.2) is 4.79 Å². The standard InChI is InChI=1S/C21H24N2O6/c1-14(22-19(24)13-28-16-9-5-4-6-10-16)21(26)29-15(2)20(25)23-17-11-7-8-12-18(17)27-3/h4-12,14-15H,13H2,1-3H3,(H,22,24)(H,23,25)/t14-,15-/m0/s1. The number of hydrogen-bond donors (Lipinski definition) is 2. The highest BCUT2D eigenvalue weighted by Gasteiger charge is 2.24. The van der Waals surface area contributed by atoms with Crippen molar-refractivity contribution in [2.75, 3.05) is 19.0 Å². The lowest BCUT2D eigenvalue weighted by Crippen LogP contribution is -2.44. The van der Waals surface area contributed by atoms with E-state index in [9.17, 15) is 14.4 Å². The van der Waals surface area contributed by atoms with Gasteiger partial charge in [-0.2, -0.15) is 0 Å². The van der Waals surface area contributed by atoms with E-state index in [1.165, 1.54) is 21.0 Å². The van der Waals surface area contributed by atoms with Crippen LogP contribution in [0.3, 0.4) is 0 Å². The zero-order valence-electron chi connectivity index (χ0n) is 16.5. The predicted octanol–water partition coefficient (Wildman–Crippen LogP) is 2.15. The fourth-order valence-corrected chi connectivity index (χ4v) is 2.32. The van der Waals surface area contributed by atoms with Crippen LogP contribution in [0, 0.1) is 0 Å². The Morgan fingerprint density at radius 2 is 1.62 bits per heavy atom. The number of amides is 2. The molecule has 0 radical (unpaired) electrons. The summed E-state index contributed by atoms with van der Waals surface area (Å²) in [5.74, 6) is -0.711. The van der Waals surface area contributed by atoms with Gasteiger partial charge in [0.1, 0.15) is 17.5 Å². The Kier molecular flexibility index (Phi) is 8.02. The van der Waals surface area contributed by atoms with E-state index in [1.807, 2.05) is 6.07 Å². The number of benzene rings is 2. The fraction of sp³-hybridized carbons (Fsp3) is 0.286. The molecule has 0 spiro atoms. The van der Waals surface area contributed by atoms with Crippen LogP contribution in [0.2, 0.25) is 0 Å². The number of esters is 1. The van der Waals surface area contributed by atoms with Gasteiger partial charge in [0, 0.05) is 0 Å². The molecule has 0 bridgehead atoms. The fourth-order valence-electron chi connectivity index (χ4n) is 2.32. The molecule has 2 atom stereocenters. The highest BCUT2D eigenvalue weighted by atomic mass is 16.5. The van der Waals surface area contributed by atoms with Gasteiger partial charge in [0.25, 0.3) is 11.8 Å². The quantitative estimate of drug-likeness (QED) is 0.625. The van der Waals surface area contributed by atoms with Gasteiger partial charge in [0.2, 0.25) is 0 Å². The van der Waals surface area contributed by atoms with Crippen molar-refractivity contribution in [2.24, 2.45) is 0 Å². The number of carbonyl (C=O) groups is 3. The lowest BCUT2D eigenvalue weighted by molar-refractivity contribution is -0.155. The average Bonchev–Trinajstić information content (AvgIpc) is 2.73. The van der Waals surface area contributed by atoms with E-state index in [2.05, 4.69) is 10.6 Å². The molecule has 0 unspecified atom stereocenters. The normalized spacial score (nSPS) is 12.2. The molecule has 0 aliphatic rings. The number of nitrogens with one attached hydrogen (secondary N) is 2. The van der Waals surface area contributed by atoms with Gasteiger partial charge in [-0.3, -0.25) is 9.59 Å². The third-order valence-corrected chi connectivity index (χ3v) is 3.87. The third-order valence-electron chi connectivity index (χ3n) is 3.87. The van der Waals surface area contributed by atoms with Gasteiger partial charge in [-0.05, 0) is 38.1 Å². The molecule has 2 aromatic carbocycles. The van der Waals surface area contributed by atoms with E-state index in [0.717, 1.165) is 0 Å². The minimum Gasteiger partial charge on any atom is -0.495 e. The first kappa shape index (κ1) is 21.7. The molecular weight excluding hydrogens is 376 g/mol. The molecular formula is C21H24N2O6. The van der Waals surface area contributed by atoms with Crippen LogP contribution in [0.1, 0.15) is 13.8 Å². The Balaban J connectivity index is 1.80. The Morgan fingerprint density at radius 3 is 2.31 bits per heavy atom. The number of para-hydroxylation sites is 3. The first-order valence-corrected chi connectivity index (χ1v) is 9.02. The Hall–Kier alpha value is -3.55. The van der Waals surface area contributed by atoms with Crippen molar-refractivity contribution >= 4 is 23.5 Å². The maximum absolute atomic E-state index is 12.3. The van der Waals surface area contributed by atoms with Crippen LogP contribution in [-0.2, 0) is 19.1 Å². The number of hydrogen-bond acceptors (Lipinski definition) is 6. The van der Waals surface area contributed by atoms with Gasteiger partial charge >= 0.3 is 5.97 Å². The second-order valence-corrected chi connectivity index (χ2v) is 6.16. The summed E-state index contributed by atoms with van der Waals surface area (Å²) in [6, 6.07) is 14.8. The number of carbonyl (C=O) groups excluding carboxylic acids is 3. The topological polar surface area (TPSA) is 103 Å². The summed E-state index contributed by atoms with van der Waals surface area (Å²) in [7, 11) is 1.49. The second-order valence-electron chi connectivity index (χ2n) is 6.16. The first-order valence-electron chi connectivity index (χ1n) is 9.02. The molecule has 154 valence electrons. The van der Waals surface area contributed by atoms with E-state index < -0.39 is 29.9 Å². The molecule has 0 aliphatic carbocycles. The monoisotopic (exact) mass is 400 g/mol. The van der Waals surface area contributed by atoms with Crippen LogP contribution in [0.5, 0.6) is 11.5 Å². The molecule has 8 nitrogen and oxygen atoms in total. The minimum absolute atomic E-state index is 0.245. The Labute approximate surface area is 169 Å². The van der Waals surface area contributed by atoms with E-state index in [1.54, 1.807) is 48.5 Å². The van der Waals surface area contributed by atoms with Crippen LogP contribution in [0.15, 0.2) is 54.6 Å². The molecule has 2 N–H and O–H groups in total. The zero-order chi connectivity index (χ0) is 21.2. The summed E-state index contributed by atoms with van der Waals surface area (Å²) in [5.41, 5.74) is 0.460. The molecule has 2 aromatic rings. The van der Waals surface area contributed by atoms with Crippen LogP contribution in [0.25, 0.3) is 0 Å². The van der Waals surface area contributed by atoms with E-state index >= 15 is 0 Å². The smallest absolute Gasteiger partial charge is 0.329 e. The number of anilines is 1. The van der Waals surface area contributed by atoms with Gasteiger partial charge in [-0.1, -0.05) is 30.3 Å². The Bertz CT molecular complexity index is 840. The van der Waals surface area contributed by atoms with Crippen molar-refractivity contribution < 1.29 is 28.6 Å². The molecule has 0 aromatic heterocycles. The van der Waals surface area contributed by atoms with E-state index in [4.69, 9.17) is 14.2 Å². The molecule has 29 heavy (non-hydrogen) atoms. The highest BCUT2D eigenvalue weighted by Crippen LogP contribution is 2.23. The summed E-state index contributed by atoms with van der Waals surface area (Å²) in [6.07, 6.45) is -1.06. The predicted molar refractivity (Wildman–Crippen MR) is 107 cm³/mol. The van der Waals surface area contributed by atoms with Crippen molar-refractivity contribution in [1.82, 2.24) is 5.32 Å². The number of methoxy groups -OCH3 is 1. The maximum atomic E-state index is 12.3. The van der Waals surface area contributed by atoms with Crippen LogP contribution >= 0.6 is 0 Å². The molecule has 0 heterocycles. The lowest BCUT2D eigenvalue weighted by atomic mass is 10.2. The highest BCUT2D eigenvalue weighted by molar-refractivity contribution is 5.96. The van der Waals surface area contributed by atoms with Crippen LogP contribution in [-0.4, -0.2) is 43.6 Å². The first-order chi connectivity index (χ1) is 13.9. The van der Waals surface area contributed by atoms with Gasteiger partial charge in [0.15, 0.2) is 12.7 Å². The summed E-state index contributed by atoms with van der Waals surface area (Å²) in [6.45, 7) is 2.66. The van der Waals surface area contributed by atoms with Crippen molar-refractivity contribution in [1.29, 1.82) is 0 Å². The van der Waals surface area contributed by atoms with Crippen molar-refractivity contribution in [3.63, 3.8) is 0 Å². The molecule has 2 rings (SSSR count). The number of rotatable bonds is 9. The molecule has 0 saturated carbocycles.